The van der Waals surface area contributed by atoms with Gasteiger partial charge in [-0.1, -0.05) is 56.5 Å². The van der Waals surface area contributed by atoms with Gasteiger partial charge in [-0.2, -0.15) is 0 Å². The molecule has 4 rings (SSSR count). The Hall–Kier alpha value is -2.69. The van der Waals surface area contributed by atoms with E-state index >= 15 is 0 Å². The van der Waals surface area contributed by atoms with Crippen LogP contribution in [0.15, 0.2) is 66.4 Å². The first kappa shape index (κ1) is 26.4. The van der Waals surface area contributed by atoms with E-state index in [1.165, 1.54) is 15.9 Å². The largest absolute Gasteiger partial charge is 0.507 e. The lowest BCUT2D eigenvalue weighted by molar-refractivity contribution is -0.139. The van der Waals surface area contributed by atoms with Crippen molar-refractivity contribution in [3.8, 4) is 11.5 Å². The van der Waals surface area contributed by atoms with Crippen LogP contribution in [0.5, 0.6) is 11.5 Å². The molecular formula is C26H24Br2N2O5S. The highest BCUT2D eigenvalue weighted by atomic mass is 79.9. The summed E-state index contributed by atoms with van der Waals surface area (Å²) in [5.74, 6) is 0.0609. The molecule has 36 heavy (non-hydrogen) atoms. The van der Waals surface area contributed by atoms with Crippen LogP contribution in [0, 0.1) is 0 Å². The van der Waals surface area contributed by atoms with Crippen LogP contribution in [0.3, 0.4) is 0 Å². The molecule has 7 nitrogen and oxygen atoms in total. The van der Waals surface area contributed by atoms with Crippen molar-refractivity contribution in [1.29, 1.82) is 0 Å². The molecule has 188 valence electrons. The molecule has 3 aromatic rings. The number of aromatic hydroxyl groups is 1. The van der Waals surface area contributed by atoms with Crippen molar-refractivity contribution in [2.24, 2.45) is 4.99 Å². The fraction of sp³-hybridized carbons (Fsp3) is 0.269. The Balaban J connectivity index is 2.07. The number of carbonyl (C=O) groups excluding carboxylic acids is 1. The number of ether oxygens (including phenoxy) is 2. The lowest BCUT2D eigenvalue weighted by Crippen LogP contribution is -2.40. The van der Waals surface area contributed by atoms with Gasteiger partial charge in [0.2, 0.25) is 0 Å². The van der Waals surface area contributed by atoms with E-state index in [2.05, 4.69) is 31.9 Å². The molecule has 0 saturated heterocycles. The first-order valence-electron chi connectivity index (χ1n) is 11.3. The quantitative estimate of drug-likeness (QED) is 0.376. The third kappa shape index (κ3) is 5.07. The summed E-state index contributed by atoms with van der Waals surface area (Å²) >= 11 is 8.13. The number of methoxy groups -OCH3 is 1. The topological polar surface area (TPSA) is 90.1 Å². The number of allylic oxidation sites excluding steroid dienone is 1. The molecule has 1 N–H and O–H groups in total. The van der Waals surface area contributed by atoms with Crippen LogP contribution in [0.25, 0.3) is 6.08 Å². The number of benzene rings is 2. The molecule has 0 saturated carbocycles. The Kier molecular flexibility index (Phi) is 8.17. The SMILES string of the molecule is CCCC1=C(C(=O)OCC)[C@H](c2cc(Br)ccc2OC)n2c(s/c(=C/c3cc(Br)ccc3O)c2=O)=N1. The van der Waals surface area contributed by atoms with Gasteiger partial charge in [-0.15, -0.1) is 0 Å². The molecule has 1 atom stereocenters. The average Bonchev–Trinajstić information content (AvgIpc) is 3.15. The van der Waals surface area contributed by atoms with Crippen LogP contribution in [0.2, 0.25) is 0 Å². The number of halogens is 2. The van der Waals surface area contributed by atoms with Crippen molar-refractivity contribution in [2.75, 3.05) is 13.7 Å². The summed E-state index contributed by atoms with van der Waals surface area (Å²) in [5, 5.41) is 10.3. The van der Waals surface area contributed by atoms with Crippen LogP contribution in [-0.4, -0.2) is 29.4 Å². The standard InChI is InChI=1S/C26H24Br2N2O5S/c1-4-6-18-22(25(33)35-5-2)23(17-13-16(28)8-10-20(17)34-3)30-24(32)21(36-26(30)29-18)12-14-11-15(27)7-9-19(14)31/h7-13,23,31H,4-6H2,1-3H3/b21-12+/t23-/m0/s1. The second-order valence-corrected chi connectivity index (χ2v) is 10.8. The number of esters is 1. The summed E-state index contributed by atoms with van der Waals surface area (Å²) in [4.78, 5) is 32.4. The third-order valence-electron chi connectivity index (χ3n) is 5.65. The Labute approximate surface area is 228 Å². The van der Waals surface area contributed by atoms with Crippen LogP contribution in [0.1, 0.15) is 43.9 Å². The van der Waals surface area contributed by atoms with E-state index in [9.17, 15) is 14.7 Å². The first-order chi connectivity index (χ1) is 17.3. The van der Waals surface area contributed by atoms with Gasteiger partial charge in [-0.3, -0.25) is 9.36 Å². The number of phenols is 1. The lowest BCUT2D eigenvalue weighted by Gasteiger charge is -2.27. The minimum atomic E-state index is -0.799. The van der Waals surface area contributed by atoms with E-state index in [-0.39, 0.29) is 17.9 Å². The summed E-state index contributed by atoms with van der Waals surface area (Å²) < 4.78 is 14.5. The first-order valence-corrected chi connectivity index (χ1v) is 13.7. The lowest BCUT2D eigenvalue weighted by atomic mass is 9.93. The highest BCUT2D eigenvalue weighted by Crippen LogP contribution is 2.38. The van der Waals surface area contributed by atoms with Crippen molar-refractivity contribution < 1.29 is 19.4 Å². The highest BCUT2D eigenvalue weighted by molar-refractivity contribution is 9.10. The fourth-order valence-electron chi connectivity index (χ4n) is 4.12. The van der Waals surface area contributed by atoms with Gasteiger partial charge in [0, 0.05) is 20.1 Å². The molecular weight excluding hydrogens is 612 g/mol. The fourth-order valence-corrected chi connectivity index (χ4v) is 5.88. The molecule has 0 radical (unpaired) electrons. The molecule has 2 heterocycles. The van der Waals surface area contributed by atoms with Crippen LogP contribution < -0.4 is 19.6 Å². The van der Waals surface area contributed by atoms with E-state index in [1.807, 2.05) is 19.1 Å². The molecule has 0 unspecified atom stereocenters. The van der Waals surface area contributed by atoms with Crippen molar-refractivity contribution in [2.45, 2.75) is 32.7 Å². The number of phenolic OH excluding ortho intramolecular Hbond substituents is 1. The van der Waals surface area contributed by atoms with Gasteiger partial charge in [0.15, 0.2) is 4.80 Å². The van der Waals surface area contributed by atoms with E-state index in [4.69, 9.17) is 14.5 Å². The van der Waals surface area contributed by atoms with E-state index in [0.717, 1.165) is 15.4 Å². The van der Waals surface area contributed by atoms with E-state index in [1.54, 1.807) is 44.4 Å². The number of carbonyl (C=O) groups is 1. The third-order valence-corrected chi connectivity index (χ3v) is 7.62. The number of thiazole rings is 1. The van der Waals surface area contributed by atoms with Crippen LogP contribution in [0.4, 0.5) is 0 Å². The molecule has 0 spiro atoms. The summed E-state index contributed by atoms with van der Waals surface area (Å²) in [6.07, 6.45) is 2.93. The van der Waals surface area contributed by atoms with Gasteiger partial charge in [0.1, 0.15) is 17.5 Å². The molecule has 0 fully saturated rings. The maximum atomic E-state index is 13.8. The Morgan fingerprint density at radius 1 is 1.19 bits per heavy atom. The zero-order chi connectivity index (χ0) is 26.0. The predicted molar refractivity (Wildman–Crippen MR) is 146 cm³/mol. The summed E-state index contributed by atoms with van der Waals surface area (Å²) in [5.41, 5.74) is 1.70. The van der Waals surface area contributed by atoms with Crippen molar-refractivity contribution in [3.63, 3.8) is 0 Å². The van der Waals surface area contributed by atoms with Gasteiger partial charge >= 0.3 is 5.97 Å². The monoisotopic (exact) mass is 634 g/mol. The van der Waals surface area contributed by atoms with Gasteiger partial charge < -0.3 is 14.6 Å². The van der Waals surface area contributed by atoms with Crippen LogP contribution in [-0.2, 0) is 9.53 Å². The van der Waals surface area contributed by atoms with Gasteiger partial charge in [0.05, 0.1) is 29.5 Å². The van der Waals surface area contributed by atoms with Gasteiger partial charge in [0.25, 0.3) is 5.56 Å². The molecule has 1 aromatic heterocycles. The molecule has 0 bridgehead atoms. The number of hydrogen-bond acceptors (Lipinski definition) is 7. The molecule has 1 aliphatic heterocycles. The summed E-state index contributed by atoms with van der Waals surface area (Å²) in [7, 11) is 1.55. The van der Waals surface area contributed by atoms with Crippen molar-refractivity contribution >= 4 is 55.2 Å². The second-order valence-electron chi connectivity index (χ2n) is 8.00. The summed E-state index contributed by atoms with van der Waals surface area (Å²) in [6.45, 7) is 3.94. The predicted octanol–water partition coefficient (Wildman–Crippen LogP) is 4.82. The van der Waals surface area contributed by atoms with Gasteiger partial charge in [-0.25, -0.2) is 9.79 Å². The Morgan fingerprint density at radius 3 is 2.61 bits per heavy atom. The Morgan fingerprint density at radius 2 is 1.92 bits per heavy atom. The molecule has 2 aromatic carbocycles. The van der Waals surface area contributed by atoms with Gasteiger partial charge in [-0.05, 0) is 55.8 Å². The van der Waals surface area contributed by atoms with Crippen molar-refractivity contribution in [1.82, 2.24) is 4.57 Å². The molecule has 0 aliphatic carbocycles. The zero-order valence-corrected chi connectivity index (χ0v) is 23.9. The smallest absolute Gasteiger partial charge is 0.338 e. The van der Waals surface area contributed by atoms with E-state index in [0.29, 0.717) is 43.9 Å². The second kappa shape index (κ2) is 11.1. The highest BCUT2D eigenvalue weighted by Gasteiger charge is 2.36. The minimum Gasteiger partial charge on any atom is -0.507 e. The maximum Gasteiger partial charge on any atom is 0.338 e. The molecule has 0 amide bonds. The Bertz CT molecular complexity index is 1540. The number of rotatable bonds is 7. The minimum absolute atomic E-state index is 0.0492. The number of hydrogen-bond donors (Lipinski definition) is 1. The van der Waals surface area contributed by atoms with Crippen molar-refractivity contribution in [3.05, 3.63) is 87.4 Å². The maximum absolute atomic E-state index is 13.8. The zero-order valence-electron chi connectivity index (χ0n) is 19.9. The number of nitrogens with zero attached hydrogens (tertiary/aromatic N) is 2. The average molecular weight is 636 g/mol. The summed E-state index contributed by atoms with van der Waals surface area (Å²) in [6, 6.07) is 9.67. The van der Waals surface area contributed by atoms with E-state index < -0.39 is 12.0 Å². The molecule has 10 heteroatoms. The normalized spacial score (nSPS) is 15.5. The number of aromatic nitrogens is 1. The number of fused-ring (bicyclic) bond motifs is 1. The molecule has 1 aliphatic rings. The van der Waals surface area contributed by atoms with Crippen LogP contribution >= 0.6 is 43.2 Å².